The molecule has 6 nitrogen and oxygen atoms in total. The highest BCUT2D eigenvalue weighted by molar-refractivity contribution is 5.78. The zero-order chi connectivity index (χ0) is 19.1. The Kier molecular flexibility index (Phi) is 6.54. The van der Waals surface area contributed by atoms with E-state index in [-0.39, 0.29) is 12.5 Å². The molecule has 0 atom stereocenters. The maximum absolute atomic E-state index is 12.5. The van der Waals surface area contributed by atoms with E-state index >= 15 is 0 Å². The van der Waals surface area contributed by atoms with E-state index in [9.17, 15) is 4.79 Å². The van der Waals surface area contributed by atoms with Crippen LogP contribution in [0.3, 0.4) is 0 Å². The molecular formula is C21H26N2O4. The fourth-order valence-electron chi connectivity index (χ4n) is 3.20. The molecule has 0 aromatic heterocycles. The summed E-state index contributed by atoms with van der Waals surface area (Å²) in [5, 5.41) is 0. The quantitative estimate of drug-likeness (QED) is 0.749. The predicted molar refractivity (Wildman–Crippen MR) is 103 cm³/mol. The molecule has 0 N–H and O–H groups in total. The number of piperazine rings is 1. The number of hydrogen-bond donors (Lipinski definition) is 0. The normalized spacial score (nSPS) is 14.7. The molecule has 0 unspecified atom stereocenters. The van der Waals surface area contributed by atoms with Crippen LogP contribution < -0.4 is 14.2 Å². The number of methoxy groups -OCH3 is 2. The summed E-state index contributed by atoms with van der Waals surface area (Å²) in [4.78, 5) is 16.6. The first-order valence-electron chi connectivity index (χ1n) is 9.09. The molecular weight excluding hydrogens is 344 g/mol. The lowest BCUT2D eigenvalue weighted by atomic mass is 10.1. The van der Waals surface area contributed by atoms with Gasteiger partial charge in [0.1, 0.15) is 5.75 Å². The van der Waals surface area contributed by atoms with E-state index in [0.29, 0.717) is 24.6 Å². The third-order valence-electron chi connectivity index (χ3n) is 4.73. The first-order chi connectivity index (χ1) is 13.2. The van der Waals surface area contributed by atoms with Gasteiger partial charge in [-0.2, -0.15) is 0 Å². The molecule has 27 heavy (non-hydrogen) atoms. The van der Waals surface area contributed by atoms with Gasteiger partial charge in [0.05, 0.1) is 14.2 Å². The number of rotatable bonds is 7. The molecule has 0 aliphatic carbocycles. The van der Waals surface area contributed by atoms with Crippen molar-refractivity contribution in [1.29, 1.82) is 0 Å². The highest BCUT2D eigenvalue weighted by atomic mass is 16.5. The zero-order valence-corrected chi connectivity index (χ0v) is 15.9. The first-order valence-corrected chi connectivity index (χ1v) is 9.09. The van der Waals surface area contributed by atoms with Crippen molar-refractivity contribution in [3.63, 3.8) is 0 Å². The fraction of sp³-hybridized carbons (Fsp3) is 0.381. The molecule has 1 saturated heterocycles. The third-order valence-corrected chi connectivity index (χ3v) is 4.73. The van der Waals surface area contributed by atoms with Gasteiger partial charge in [-0.05, 0) is 18.2 Å². The summed E-state index contributed by atoms with van der Waals surface area (Å²) in [6, 6.07) is 15.4. The number of benzene rings is 2. The summed E-state index contributed by atoms with van der Waals surface area (Å²) in [7, 11) is 3.28. The highest BCUT2D eigenvalue weighted by Gasteiger charge is 2.22. The number of nitrogens with zero attached hydrogens (tertiary/aromatic N) is 2. The molecule has 1 heterocycles. The summed E-state index contributed by atoms with van der Waals surface area (Å²) in [5.41, 5.74) is 1.17. The maximum atomic E-state index is 12.5. The average molecular weight is 370 g/mol. The molecule has 3 rings (SSSR count). The molecule has 1 aliphatic rings. The smallest absolute Gasteiger partial charge is 0.260 e. The maximum Gasteiger partial charge on any atom is 0.260 e. The van der Waals surface area contributed by atoms with Gasteiger partial charge in [0.25, 0.3) is 5.91 Å². The van der Waals surface area contributed by atoms with Crippen LogP contribution in [0.4, 0.5) is 0 Å². The summed E-state index contributed by atoms with van der Waals surface area (Å²) in [6.07, 6.45) is 0. The van der Waals surface area contributed by atoms with Gasteiger partial charge in [-0.1, -0.05) is 30.3 Å². The molecule has 1 aliphatic heterocycles. The van der Waals surface area contributed by atoms with Gasteiger partial charge in [-0.15, -0.1) is 0 Å². The Morgan fingerprint density at radius 1 is 0.852 bits per heavy atom. The molecule has 144 valence electrons. The van der Waals surface area contributed by atoms with E-state index < -0.39 is 0 Å². The second-order valence-electron chi connectivity index (χ2n) is 6.41. The van der Waals surface area contributed by atoms with Crippen molar-refractivity contribution in [3.8, 4) is 17.2 Å². The summed E-state index contributed by atoms with van der Waals surface area (Å²) in [6.45, 7) is 3.90. The Morgan fingerprint density at radius 2 is 1.44 bits per heavy atom. The Hall–Kier alpha value is -2.73. The van der Waals surface area contributed by atoms with Crippen molar-refractivity contribution in [2.45, 2.75) is 6.54 Å². The van der Waals surface area contributed by atoms with E-state index in [1.54, 1.807) is 20.3 Å². The fourth-order valence-corrected chi connectivity index (χ4v) is 3.20. The third kappa shape index (κ3) is 4.92. The molecule has 0 spiro atoms. The van der Waals surface area contributed by atoms with Gasteiger partial charge in [0.15, 0.2) is 18.1 Å². The molecule has 2 aromatic rings. The van der Waals surface area contributed by atoms with Crippen molar-refractivity contribution < 1.29 is 19.0 Å². The van der Waals surface area contributed by atoms with Crippen LogP contribution in [-0.4, -0.2) is 62.7 Å². The van der Waals surface area contributed by atoms with Crippen LogP contribution in [0.1, 0.15) is 5.56 Å². The number of amides is 1. The minimum absolute atomic E-state index is 0.00199. The number of para-hydroxylation sites is 3. The molecule has 1 amide bonds. The van der Waals surface area contributed by atoms with Gasteiger partial charge in [-0.3, -0.25) is 9.69 Å². The van der Waals surface area contributed by atoms with Crippen molar-refractivity contribution in [1.82, 2.24) is 9.80 Å². The minimum Gasteiger partial charge on any atom is -0.496 e. The summed E-state index contributed by atoms with van der Waals surface area (Å²) < 4.78 is 16.3. The predicted octanol–water partition coefficient (Wildman–Crippen LogP) is 2.43. The topological polar surface area (TPSA) is 51.2 Å². The molecule has 0 saturated carbocycles. The average Bonchev–Trinajstić information content (AvgIpc) is 2.73. The Morgan fingerprint density at radius 3 is 2.11 bits per heavy atom. The van der Waals surface area contributed by atoms with Gasteiger partial charge in [0, 0.05) is 38.3 Å². The van der Waals surface area contributed by atoms with Crippen LogP contribution in [0, 0.1) is 0 Å². The zero-order valence-electron chi connectivity index (χ0n) is 15.9. The van der Waals surface area contributed by atoms with E-state index in [2.05, 4.69) is 11.0 Å². The van der Waals surface area contributed by atoms with Crippen molar-refractivity contribution >= 4 is 5.91 Å². The molecule has 2 aromatic carbocycles. The first kappa shape index (κ1) is 19.0. The lowest BCUT2D eigenvalue weighted by Gasteiger charge is -2.34. The van der Waals surface area contributed by atoms with Gasteiger partial charge in [0.2, 0.25) is 0 Å². The van der Waals surface area contributed by atoms with Crippen LogP contribution in [0.15, 0.2) is 48.5 Å². The molecule has 0 radical (unpaired) electrons. The number of carbonyl (C=O) groups is 1. The van der Waals surface area contributed by atoms with E-state index in [1.807, 2.05) is 41.3 Å². The van der Waals surface area contributed by atoms with E-state index in [0.717, 1.165) is 25.4 Å². The number of hydrogen-bond acceptors (Lipinski definition) is 5. The van der Waals surface area contributed by atoms with E-state index in [1.165, 1.54) is 5.56 Å². The van der Waals surface area contributed by atoms with Gasteiger partial charge in [-0.25, -0.2) is 0 Å². The van der Waals surface area contributed by atoms with Crippen LogP contribution in [0.25, 0.3) is 0 Å². The summed E-state index contributed by atoms with van der Waals surface area (Å²) in [5.74, 6) is 2.12. The highest BCUT2D eigenvalue weighted by Crippen LogP contribution is 2.25. The lowest BCUT2D eigenvalue weighted by Crippen LogP contribution is -2.49. The minimum atomic E-state index is -0.00199. The summed E-state index contributed by atoms with van der Waals surface area (Å²) >= 11 is 0. The largest absolute Gasteiger partial charge is 0.496 e. The Bertz CT molecular complexity index is 757. The van der Waals surface area contributed by atoms with Gasteiger partial charge >= 0.3 is 0 Å². The second-order valence-corrected chi connectivity index (χ2v) is 6.41. The van der Waals surface area contributed by atoms with Crippen LogP contribution in [0.5, 0.6) is 17.2 Å². The Balaban J connectivity index is 1.48. The standard InChI is InChI=1S/C21H26N2O4/c1-25-18-8-4-3-7-17(18)15-22-11-13-23(14-12-22)21(24)16-27-20-10-6-5-9-19(20)26-2/h3-10H,11-16H2,1-2H3. The number of carbonyl (C=O) groups excluding carboxylic acids is 1. The van der Waals surface area contributed by atoms with Crippen LogP contribution in [-0.2, 0) is 11.3 Å². The molecule has 0 bridgehead atoms. The van der Waals surface area contributed by atoms with Crippen LogP contribution >= 0.6 is 0 Å². The van der Waals surface area contributed by atoms with Crippen molar-refractivity contribution in [3.05, 3.63) is 54.1 Å². The molecule has 1 fully saturated rings. The monoisotopic (exact) mass is 370 g/mol. The van der Waals surface area contributed by atoms with Crippen molar-refractivity contribution in [2.75, 3.05) is 47.0 Å². The lowest BCUT2D eigenvalue weighted by molar-refractivity contribution is -0.135. The second kappa shape index (κ2) is 9.28. The number of ether oxygens (including phenoxy) is 3. The van der Waals surface area contributed by atoms with Gasteiger partial charge < -0.3 is 19.1 Å². The van der Waals surface area contributed by atoms with Crippen molar-refractivity contribution in [2.24, 2.45) is 0 Å². The Labute approximate surface area is 160 Å². The molecule has 6 heteroatoms. The van der Waals surface area contributed by atoms with E-state index in [4.69, 9.17) is 14.2 Å². The SMILES string of the molecule is COc1ccccc1CN1CCN(C(=O)COc2ccccc2OC)CC1. The van der Waals surface area contributed by atoms with Crippen LogP contribution in [0.2, 0.25) is 0 Å².